The van der Waals surface area contributed by atoms with Crippen LogP contribution in [0.15, 0.2) is 29.1 Å². The van der Waals surface area contributed by atoms with Gasteiger partial charge in [0.2, 0.25) is 0 Å². The number of rotatable bonds is 3. The summed E-state index contributed by atoms with van der Waals surface area (Å²) in [6, 6.07) is 6.57. The van der Waals surface area contributed by atoms with Gasteiger partial charge in [-0.2, -0.15) is 0 Å². The van der Waals surface area contributed by atoms with Crippen LogP contribution in [0.2, 0.25) is 0 Å². The van der Waals surface area contributed by atoms with Gasteiger partial charge in [0, 0.05) is 11.5 Å². The topological polar surface area (TPSA) is 70.2 Å². The average molecular weight is 231 g/mol. The maximum Gasteiger partial charge on any atom is 0.352 e. The lowest BCUT2D eigenvalue weighted by molar-refractivity contribution is 0.0691. The molecule has 4 nitrogen and oxygen atoms in total. The first-order chi connectivity index (χ1) is 8.13. The second-order valence-electron chi connectivity index (χ2n) is 3.94. The molecular weight excluding hydrogens is 218 g/mol. The summed E-state index contributed by atoms with van der Waals surface area (Å²) < 4.78 is 0. The van der Waals surface area contributed by atoms with Crippen molar-refractivity contribution in [2.45, 2.75) is 19.8 Å². The van der Waals surface area contributed by atoms with Crippen LogP contribution in [0.5, 0.6) is 0 Å². The molecule has 17 heavy (non-hydrogen) atoms. The zero-order chi connectivity index (χ0) is 12.4. The Labute approximate surface area is 97.9 Å². The fourth-order valence-electron chi connectivity index (χ4n) is 1.93. The Hall–Kier alpha value is -2.10. The molecule has 0 fully saturated rings. The largest absolute Gasteiger partial charge is 0.477 e. The van der Waals surface area contributed by atoms with Gasteiger partial charge >= 0.3 is 5.97 Å². The van der Waals surface area contributed by atoms with Crippen LogP contribution >= 0.6 is 0 Å². The summed E-state index contributed by atoms with van der Waals surface area (Å²) in [4.78, 5) is 25.5. The second kappa shape index (κ2) is 4.41. The fraction of sp³-hybridized carbons (Fsp3) is 0.231. The van der Waals surface area contributed by atoms with Gasteiger partial charge in [-0.1, -0.05) is 25.5 Å². The van der Waals surface area contributed by atoms with Crippen molar-refractivity contribution in [1.82, 2.24) is 4.98 Å². The summed E-state index contributed by atoms with van der Waals surface area (Å²) in [5.41, 5.74) is 1.30. The molecular formula is C13H13NO3. The molecule has 0 saturated heterocycles. The Morgan fingerprint density at radius 1 is 1.41 bits per heavy atom. The lowest BCUT2D eigenvalue weighted by Gasteiger charge is -2.06. The number of benzene rings is 1. The third kappa shape index (κ3) is 2.06. The molecule has 2 N–H and O–H groups in total. The van der Waals surface area contributed by atoms with E-state index >= 15 is 0 Å². The highest BCUT2D eigenvalue weighted by Crippen LogP contribution is 2.15. The molecule has 0 radical (unpaired) electrons. The van der Waals surface area contributed by atoms with Crippen molar-refractivity contribution in [2.75, 3.05) is 0 Å². The van der Waals surface area contributed by atoms with E-state index in [2.05, 4.69) is 4.98 Å². The molecule has 1 heterocycles. The van der Waals surface area contributed by atoms with Crippen LogP contribution in [0.4, 0.5) is 0 Å². The van der Waals surface area contributed by atoms with Crippen LogP contribution in [-0.2, 0) is 6.42 Å². The monoisotopic (exact) mass is 231 g/mol. The molecule has 2 aromatic rings. The van der Waals surface area contributed by atoms with Gasteiger partial charge in [0.05, 0.1) is 5.52 Å². The van der Waals surface area contributed by atoms with Gasteiger partial charge in [-0.05, 0) is 18.1 Å². The molecule has 0 aliphatic carbocycles. The van der Waals surface area contributed by atoms with E-state index in [4.69, 9.17) is 5.11 Å². The number of hydrogen-bond donors (Lipinski definition) is 2. The average Bonchev–Trinajstić information content (AvgIpc) is 2.30. The number of pyridine rings is 1. The van der Waals surface area contributed by atoms with Crippen molar-refractivity contribution < 1.29 is 9.90 Å². The molecule has 4 heteroatoms. The van der Waals surface area contributed by atoms with Crippen LogP contribution in [0, 0.1) is 0 Å². The van der Waals surface area contributed by atoms with E-state index < -0.39 is 5.97 Å². The van der Waals surface area contributed by atoms with E-state index in [-0.39, 0.29) is 11.1 Å². The van der Waals surface area contributed by atoms with Gasteiger partial charge in [-0.25, -0.2) is 4.79 Å². The lowest BCUT2D eigenvalue weighted by Crippen LogP contribution is -2.10. The zero-order valence-corrected chi connectivity index (χ0v) is 9.49. The van der Waals surface area contributed by atoms with Gasteiger partial charge in [-0.3, -0.25) is 4.79 Å². The van der Waals surface area contributed by atoms with Crippen LogP contribution in [0.3, 0.4) is 0 Å². The maximum atomic E-state index is 11.8. The third-order valence-corrected chi connectivity index (χ3v) is 2.70. The summed E-state index contributed by atoms with van der Waals surface area (Å²) in [6.45, 7) is 2.04. The van der Waals surface area contributed by atoms with Crippen LogP contribution < -0.4 is 5.43 Å². The van der Waals surface area contributed by atoms with Crippen molar-refractivity contribution in [3.8, 4) is 0 Å². The number of H-pyrrole nitrogens is 1. The summed E-state index contributed by atoms with van der Waals surface area (Å²) in [5, 5.41) is 9.46. The smallest absolute Gasteiger partial charge is 0.352 e. The zero-order valence-electron chi connectivity index (χ0n) is 9.49. The molecule has 0 atom stereocenters. The highest BCUT2D eigenvalue weighted by Gasteiger charge is 2.09. The first-order valence-electron chi connectivity index (χ1n) is 5.51. The molecule has 0 spiro atoms. The molecule has 0 aliphatic heterocycles. The van der Waals surface area contributed by atoms with E-state index in [1.54, 1.807) is 6.07 Å². The predicted molar refractivity (Wildman–Crippen MR) is 65.5 cm³/mol. The number of para-hydroxylation sites is 1. The van der Waals surface area contributed by atoms with E-state index in [9.17, 15) is 9.59 Å². The molecule has 0 amide bonds. The normalized spacial score (nSPS) is 10.6. The Balaban J connectivity index is 2.78. The summed E-state index contributed by atoms with van der Waals surface area (Å²) >= 11 is 0. The number of hydrogen-bond acceptors (Lipinski definition) is 2. The number of aromatic carboxylic acids is 1. The lowest BCUT2D eigenvalue weighted by atomic mass is 10.0. The number of aromatic amines is 1. The third-order valence-electron chi connectivity index (χ3n) is 2.70. The molecule has 1 aromatic heterocycles. The number of carboxylic acids is 1. The molecule has 0 bridgehead atoms. The summed E-state index contributed by atoms with van der Waals surface area (Å²) in [7, 11) is 0. The second-order valence-corrected chi connectivity index (χ2v) is 3.94. The summed E-state index contributed by atoms with van der Waals surface area (Å²) in [5.74, 6) is -1.12. The fourth-order valence-corrected chi connectivity index (χ4v) is 1.93. The Bertz CT molecular complexity index is 628. The molecule has 0 saturated carbocycles. The first kappa shape index (κ1) is 11.4. The minimum Gasteiger partial charge on any atom is -0.477 e. The molecule has 2 rings (SSSR count). The number of aromatic nitrogens is 1. The molecule has 88 valence electrons. The number of carbonyl (C=O) groups is 1. The molecule has 1 aromatic carbocycles. The number of carboxylic acid groups (broad SMARTS) is 1. The minimum absolute atomic E-state index is 0.0638. The van der Waals surface area contributed by atoms with Gasteiger partial charge in [0.15, 0.2) is 5.43 Å². The Morgan fingerprint density at radius 3 is 2.82 bits per heavy atom. The van der Waals surface area contributed by atoms with Crippen LogP contribution in [0.25, 0.3) is 10.9 Å². The van der Waals surface area contributed by atoms with Crippen molar-refractivity contribution in [2.24, 2.45) is 0 Å². The Kier molecular flexibility index (Phi) is 2.95. The predicted octanol–water partition coefficient (Wildman–Crippen LogP) is 2.18. The highest BCUT2D eigenvalue weighted by atomic mass is 16.4. The number of fused-ring (bicyclic) bond motifs is 1. The van der Waals surface area contributed by atoms with Crippen LogP contribution in [-0.4, -0.2) is 16.1 Å². The van der Waals surface area contributed by atoms with Gasteiger partial charge in [0.1, 0.15) is 5.69 Å². The van der Waals surface area contributed by atoms with Crippen molar-refractivity contribution in [3.05, 3.63) is 45.7 Å². The van der Waals surface area contributed by atoms with E-state index in [0.29, 0.717) is 10.9 Å². The first-order valence-corrected chi connectivity index (χ1v) is 5.51. The van der Waals surface area contributed by atoms with E-state index in [0.717, 1.165) is 24.5 Å². The SMILES string of the molecule is CCCc1cccc2c(=O)cc(C(=O)O)[nH]c12. The summed E-state index contributed by atoms with van der Waals surface area (Å²) in [6.07, 6.45) is 1.76. The highest BCUT2D eigenvalue weighted by molar-refractivity contribution is 5.90. The number of aryl methyl sites for hydroxylation is 1. The van der Waals surface area contributed by atoms with Gasteiger partial charge < -0.3 is 10.1 Å². The Morgan fingerprint density at radius 2 is 2.18 bits per heavy atom. The van der Waals surface area contributed by atoms with Crippen molar-refractivity contribution in [3.63, 3.8) is 0 Å². The van der Waals surface area contributed by atoms with E-state index in [1.807, 2.05) is 19.1 Å². The quantitative estimate of drug-likeness (QED) is 0.850. The van der Waals surface area contributed by atoms with Crippen LogP contribution in [0.1, 0.15) is 29.4 Å². The minimum atomic E-state index is -1.12. The van der Waals surface area contributed by atoms with Gasteiger partial charge in [0.25, 0.3) is 0 Å². The molecule has 0 aliphatic rings. The van der Waals surface area contributed by atoms with Gasteiger partial charge in [-0.15, -0.1) is 0 Å². The van der Waals surface area contributed by atoms with Crippen molar-refractivity contribution >= 4 is 16.9 Å². The maximum absolute atomic E-state index is 11.8. The number of nitrogens with one attached hydrogen (secondary N) is 1. The molecule has 0 unspecified atom stereocenters. The van der Waals surface area contributed by atoms with Crippen molar-refractivity contribution in [1.29, 1.82) is 0 Å². The van der Waals surface area contributed by atoms with E-state index in [1.165, 1.54) is 0 Å². The standard InChI is InChI=1S/C13H13NO3/c1-2-4-8-5-3-6-9-11(15)7-10(13(16)17)14-12(8)9/h3,5-7H,2,4H2,1H3,(H,14,15)(H,16,17).